The number of anilines is 1. The SMILES string of the molecule is COCC(C)CC(=O)N1CC(C(=O)O)Cc2ccccc21. The summed E-state index contributed by atoms with van der Waals surface area (Å²) in [7, 11) is 1.61. The maximum Gasteiger partial charge on any atom is 0.308 e. The third-order valence-electron chi connectivity index (χ3n) is 3.78. The average Bonchev–Trinajstić information content (AvgIpc) is 2.46. The van der Waals surface area contributed by atoms with Crippen LogP contribution >= 0.6 is 0 Å². The van der Waals surface area contributed by atoms with Crippen LogP contribution in [0, 0.1) is 11.8 Å². The van der Waals surface area contributed by atoms with Gasteiger partial charge in [0.15, 0.2) is 0 Å². The normalized spacial score (nSPS) is 19.0. The van der Waals surface area contributed by atoms with Crippen molar-refractivity contribution in [2.75, 3.05) is 25.2 Å². The first-order valence-electron chi connectivity index (χ1n) is 7.13. The molecule has 1 aliphatic heterocycles. The van der Waals surface area contributed by atoms with E-state index in [0.717, 1.165) is 11.3 Å². The number of carbonyl (C=O) groups is 2. The fourth-order valence-corrected chi connectivity index (χ4v) is 2.75. The van der Waals surface area contributed by atoms with E-state index in [-0.39, 0.29) is 18.4 Å². The van der Waals surface area contributed by atoms with E-state index in [9.17, 15) is 14.7 Å². The molecule has 0 aliphatic carbocycles. The van der Waals surface area contributed by atoms with E-state index in [1.807, 2.05) is 31.2 Å². The molecule has 0 saturated heterocycles. The summed E-state index contributed by atoms with van der Waals surface area (Å²) in [6, 6.07) is 7.52. The van der Waals surface area contributed by atoms with Gasteiger partial charge in [-0.2, -0.15) is 0 Å². The van der Waals surface area contributed by atoms with Crippen LogP contribution < -0.4 is 4.90 Å². The van der Waals surface area contributed by atoms with Gasteiger partial charge in [0.05, 0.1) is 5.92 Å². The molecule has 2 rings (SSSR count). The maximum absolute atomic E-state index is 12.5. The van der Waals surface area contributed by atoms with E-state index in [0.29, 0.717) is 19.4 Å². The second-order valence-corrected chi connectivity index (χ2v) is 5.64. The minimum Gasteiger partial charge on any atom is -0.481 e. The Kier molecular flexibility index (Phi) is 4.96. The third-order valence-corrected chi connectivity index (χ3v) is 3.78. The number of para-hydroxylation sites is 1. The number of ether oxygens (including phenoxy) is 1. The van der Waals surface area contributed by atoms with Gasteiger partial charge in [-0.05, 0) is 24.0 Å². The van der Waals surface area contributed by atoms with Crippen LogP contribution in [-0.4, -0.2) is 37.2 Å². The Morgan fingerprint density at radius 3 is 2.81 bits per heavy atom. The minimum atomic E-state index is -0.854. The van der Waals surface area contributed by atoms with Gasteiger partial charge in [0.1, 0.15) is 0 Å². The molecular formula is C16H21NO4. The summed E-state index contributed by atoms with van der Waals surface area (Å²) in [5.41, 5.74) is 1.76. The Bertz CT molecular complexity index is 529. The summed E-state index contributed by atoms with van der Waals surface area (Å²) in [4.78, 5) is 25.4. The lowest BCUT2D eigenvalue weighted by Gasteiger charge is -2.33. The number of amides is 1. The van der Waals surface area contributed by atoms with Crippen LogP contribution in [0.25, 0.3) is 0 Å². The molecule has 21 heavy (non-hydrogen) atoms. The highest BCUT2D eigenvalue weighted by Crippen LogP contribution is 2.30. The fourth-order valence-electron chi connectivity index (χ4n) is 2.75. The van der Waals surface area contributed by atoms with Crippen LogP contribution in [0.3, 0.4) is 0 Å². The molecule has 0 bridgehead atoms. The number of fused-ring (bicyclic) bond motifs is 1. The van der Waals surface area contributed by atoms with Crippen LogP contribution in [0.4, 0.5) is 5.69 Å². The van der Waals surface area contributed by atoms with Gasteiger partial charge in [-0.15, -0.1) is 0 Å². The molecule has 5 nitrogen and oxygen atoms in total. The van der Waals surface area contributed by atoms with E-state index in [2.05, 4.69) is 0 Å². The first-order valence-corrected chi connectivity index (χ1v) is 7.13. The Balaban J connectivity index is 2.20. The summed E-state index contributed by atoms with van der Waals surface area (Å²) in [5.74, 6) is -1.33. The highest BCUT2D eigenvalue weighted by atomic mass is 16.5. The van der Waals surface area contributed by atoms with Gasteiger partial charge in [0.25, 0.3) is 0 Å². The molecule has 114 valence electrons. The molecule has 1 heterocycles. The first-order chi connectivity index (χ1) is 10.0. The zero-order valence-corrected chi connectivity index (χ0v) is 12.4. The Labute approximate surface area is 124 Å². The van der Waals surface area contributed by atoms with Gasteiger partial charge in [0, 0.05) is 32.4 Å². The number of carboxylic acids is 1. The molecule has 0 saturated carbocycles. The second kappa shape index (κ2) is 6.72. The lowest BCUT2D eigenvalue weighted by atomic mass is 9.92. The lowest BCUT2D eigenvalue weighted by Crippen LogP contribution is -2.43. The molecule has 5 heteroatoms. The number of benzene rings is 1. The number of rotatable bonds is 5. The number of hydrogen-bond donors (Lipinski definition) is 1. The Morgan fingerprint density at radius 2 is 2.14 bits per heavy atom. The molecule has 1 amide bonds. The van der Waals surface area contributed by atoms with E-state index in [1.165, 1.54) is 0 Å². The number of carbonyl (C=O) groups excluding carboxylic acids is 1. The minimum absolute atomic E-state index is 0.0436. The Hall–Kier alpha value is -1.88. The largest absolute Gasteiger partial charge is 0.481 e. The molecule has 0 spiro atoms. The van der Waals surface area contributed by atoms with Crippen LogP contribution in [0.1, 0.15) is 18.9 Å². The van der Waals surface area contributed by atoms with Gasteiger partial charge in [-0.3, -0.25) is 9.59 Å². The standard InChI is InChI=1S/C16H21NO4/c1-11(10-21-2)7-15(18)17-9-13(16(19)20)8-12-5-3-4-6-14(12)17/h3-6,11,13H,7-10H2,1-2H3,(H,19,20). The molecule has 0 aromatic heterocycles. The molecule has 2 unspecified atom stereocenters. The molecule has 0 fully saturated rings. The van der Waals surface area contributed by atoms with Crippen molar-refractivity contribution in [3.8, 4) is 0 Å². The van der Waals surface area contributed by atoms with Crippen molar-refractivity contribution in [3.05, 3.63) is 29.8 Å². The van der Waals surface area contributed by atoms with Crippen LogP contribution in [0.5, 0.6) is 0 Å². The molecule has 1 aromatic rings. The zero-order chi connectivity index (χ0) is 15.4. The number of hydrogen-bond acceptors (Lipinski definition) is 3. The van der Waals surface area contributed by atoms with E-state index >= 15 is 0 Å². The van der Waals surface area contributed by atoms with Gasteiger partial charge in [0.2, 0.25) is 5.91 Å². The maximum atomic E-state index is 12.5. The van der Waals surface area contributed by atoms with Gasteiger partial charge in [-0.25, -0.2) is 0 Å². The van der Waals surface area contributed by atoms with Crippen molar-refractivity contribution in [2.24, 2.45) is 11.8 Å². The van der Waals surface area contributed by atoms with Crippen molar-refractivity contribution in [3.63, 3.8) is 0 Å². The average molecular weight is 291 g/mol. The number of methoxy groups -OCH3 is 1. The third kappa shape index (κ3) is 3.61. The molecule has 1 aromatic carbocycles. The zero-order valence-electron chi connectivity index (χ0n) is 12.4. The highest BCUT2D eigenvalue weighted by molar-refractivity contribution is 5.95. The van der Waals surface area contributed by atoms with E-state index < -0.39 is 11.9 Å². The molecular weight excluding hydrogens is 270 g/mol. The van der Waals surface area contributed by atoms with Gasteiger partial charge < -0.3 is 14.7 Å². The van der Waals surface area contributed by atoms with Gasteiger partial charge in [-0.1, -0.05) is 25.1 Å². The fraction of sp³-hybridized carbons (Fsp3) is 0.500. The molecule has 1 aliphatic rings. The molecule has 2 atom stereocenters. The summed E-state index contributed by atoms with van der Waals surface area (Å²) in [6.45, 7) is 2.71. The first kappa shape index (κ1) is 15.5. The number of nitrogens with zero attached hydrogens (tertiary/aromatic N) is 1. The van der Waals surface area contributed by atoms with Crippen molar-refractivity contribution >= 4 is 17.6 Å². The monoisotopic (exact) mass is 291 g/mol. The predicted octanol–water partition coefficient (Wildman–Crippen LogP) is 1.95. The quantitative estimate of drug-likeness (QED) is 0.900. The van der Waals surface area contributed by atoms with E-state index in [4.69, 9.17) is 4.74 Å². The van der Waals surface area contributed by atoms with Crippen molar-refractivity contribution in [1.29, 1.82) is 0 Å². The van der Waals surface area contributed by atoms with Crippen LogP contribution in [0.15, 0.2) is 24.3 Å². The lowest BCUT2D eigenvalue weighted by molar-refractivity contribution is -0.141. The van der Waals surface area contributed by atoms with Crippen molar-refractivity contribution < 1.29 is 19.4 Å². The number of aliphatic carboxylic acids is 1. The van der Waals surface area contributed by atoms with Crippen LogP contribution in [0.2, 0.25) is 0 Å². The van der Waals surface area contributed by atoms with Crippen molar-refractivity contribution in [1.82, 2.24) is 0 Å². The predicted molar refractivity (Wildman–Crippen MR) is 79.3 cm³/mol. The van der Waals surface area contributed by atoms with Crippen molar-refractivity contribution in [2.45, 2.75) is 19.8 Å². The summed E-state index contributed by atoms with van der Waals surface area (Å²) in [5, 5.41) is 9.27. The highest BCUT2D eigenvalue weighted by Gasteiger charge is 2.32. The molecule has 0 radical (unpaired) electrons. The van der Waals surface area contributed by atoms with E-state index in [1.54, 1.807) is 12.0 Å². The topological polar surface area (TPSA) is 66.8 Å². The summed E-state index contributed by atoms with van der Waals surface area (Å²) in [6.07, 6.45) is 0.831. The molecule has 1 N–H and O–H groups in total. The number of carboxylic acid groups (broad SMARTS) is 1. The van der Waals surface area contributed by atoms with Gasteiger partial charge >= 0.3 is 5.97 Å². The smallest absolute Gasteiger partial charge is 0.308 e. The summed E-state index contributed by atoms with van der Waals surface area (Å²) < 4.78 is 5.06. The second-order valence-electron chi connectivity index (χ2n) is 5.64. The Morgan fingerprint density at radius 1 is 1.43 bits per heavy atom. The summed E-state index contributed by atoms with van der Waals surface area (Å²) >= 11 is 0. The van der Waals surface area contributed by atoms with Crippen LogP contribution in [-0.2, 0) is 20.7 Å².